The van der Waals surface area contributed by atoms with Crippen LogP contribution in [0.4, 0.5) is 0 Å². The molecular weight excluding hydrogens is 132 g/mol. The molecule has 8 heavy (non-hydrogen) atoms. The van der Waals surface area contributed by atoms with Crippen molar-refractivity contribution in [2.75, 3.05) is 7.11 Å². The first-order chi connectivity index (χ1) is 3.31. The number of ether oxygens (including phenoxy) is 1. The number of rotatable bonds is 3. The monoisotopic (exact) mass is 144 g/mol. The van der Waals surface area contributed by atoms with Crippen molar-refractivity contribution in [2.24, 2.45) is 0 Å². The summed E-state index contributed by atoms with van der Waals surface area (Å²) in [5.41, 5.74) is 0. The van der Waals surface area contributed by atoms with Crippen LogP contribution in [0, 0.1) is 0 Å². The summed E-state index contributed by atoms with van der Waals surface area (Å²) >= 11 is 0. The van der Waals surface area contributed by atoms with Gasteiger partial charge in [0.25, 0.3) is 0 Å². The Morgan fingerprint density at radius 3 is 2.38 bits per heavy atom. The molecule has 0 heterocycles. The van der Waals surface area contributed by atoms with Crippen molar-refractivity contribution in [2.45, 2.75) is 19.4 Å². The maximum absolute atomic E-state index is 9.69. The molecule has 0 aromatic heterocycles. The zero-order valence-corrected chi connectivity index (χ0v) is 4.68. The van der Waals surface area contributed by atoms with Crippen LogP contribution in [-0.2, 0) is 9.53 Å². The molecule has 1 unspecified atom stereocenters. The SMILES string of the molecule is COC(C)CC=O.[CaH2]. The average molecular weight is 144 g/mol. The van der Waals surface area contributed by atoms with Gasteiger partial charge in [-0.05, 0) is 6.92 Å². The summed E-state index contributed by atoms with van der Waals surface area (Å²) in [6.45, 7) is 1.86. The second kappa shape index (κ2) is 7.89. The van der Waals surface area contributed by atoms with Crippen LogP contribution < -0.4 is 0 Å². The van der Waals surface area contributed by atoms with E-state index in [1.807, 2.05) is 6.92 Å². The van der Waals surface area contributed by atoms with E-state index >= 15 is 0 Å². The van der Waals surface area contributed by atoms with Gasteiger partial charge in [0.15, 0.2) is 0 Å². The molecule has 3 heteroatoms. The van der Waals surface area contributed by atoms with Gasteiger partial charge >= 0.3 is 37.7 Å². The molecule has 0 rings (SSSR count). The molecule has 0 saturated carbocycles. The zero-order valence-electron chi connectivity index (χ0n) is 4.68. The van der Waals surface area contributed by atoms with E-state index in [1.165, 1.54) is 0 Å². The van der Waals surface area contributed by atoms with Gasteiger partial charge in [-0.15, -0.1) is 0 Å². The van der Waals surface area contributed by atoms with Crippen molar-refractivity contribution in [1.82, 2.24) is 0 Å². The van der Waals surface area contributed by atoms with Crippen LogP contribution >= 0.6 is 0 Å². The average Bonchev–Trinajstić information content (AvgIpc) is 1.68. The summed E-state index contributed by atoms with van der Waals surface area (Å²) in [5, 5.41) is 0. The molecule has 1 atom stereocenters. The number of methoxy groups -OCH3 is 1. The minimum absolute atomic E-state index is 0. The van der Waals surface area contributed by atoms with Crippen molar-refractivity contribution < 1.29 is 9.53 Å². The third-order valence-electron chi connectivity index (χ3n) is 0.831. The Labute approximate surface area is 79.6 Å². The molecule has 0 aromatic rings. The van der Waals surface area contributed by atoms with E-state index in [9.17, 15) is 4.79 Å². The molecule has 0 aliphatic carbocycles. The third kappa shape index (κ3) is 6.89. The van der Waals surface area contributed by atoms with Crippen molar-refractivity contribution in [1.29, 1.82) is 0 Å². The van der Waals surface area contributed by atoms with Crippen molar-refractivity contribution in [3.63, 3.8) is 0 Å². The first kappa shape index (κ1) is 11.7. The van der Waals surface area contributed by atoms with Crippen LogP contribution in [0.1, 0.15) is 13.3 Å². The predicted octanol–water partition coefficient (Wildman–Crippen LogP) is -0.306. The van der Waals surface area contributed by atoms with Crippen molar-refractivity contribution >= 4 is 44.0 Å². The second-order valence-corrected chi connectivity index (χ2v) is 1.45. The van der Waals surface area contributed by atoms with E-state index in [1.54, 1.807) is 7.11 Å². The molecular formula is C5H12CaO2. The summed E-state index contributed by atoms with van der Waals surface area (Å²) in [5.74, 6) is 0. The number of hydrogen-bond acceptors (Lipinski definition) is 2. The number of hydrogen-bond donors (Lipinski definition) is 0. The summed E-state index contributed by atoms with van der Waals surface area (Å²) in [6.07, 6.45) is 1.43. The molecule has 0 aromatic carbocycles. The molecule has 0 amide bonds. The standard InChI is InChI=1S/C5H10O2.Ca.2H/c1-5(7-2)3-4-6;;;/h4-5H,3H2,1-2H3;;;. The van der Waals surface area contributed by atoms with Crippen molar-refractivity contribution in [3.05, 3.63) is 0 Å². The van der Waals surface area contributed by atoms with Crippen molar-refractivity contribution in [3.8, 4) is 0 Å². The Kier molecular flexibility index (Phi) is 11.5. The van der Waals surface area contributed by atoms with Crippen LogP contribution in [0.3, 0.4) is 0 Å². The first-order valence-corrected chi connectivity index (χ1v) is 2.27. The van der Waals surface area contributed by atoms with E-state index < -0.39 is 0 Å². The first-order valence-electron chi connectivity index (χ1n) is 2.27. The normalized spacial score (nSPS) is 11.8. The van der Waals surface area contributed by atoms with E-state index in [-0.39, 0.29) is 43.8 Å². The fourth-order valence-corrected chi connectivity index (χ4v) is 0.232. The van der Waals surface area contributed by atoms with Gasteiger partial charge in [-0.2, -0.15) is 0 Å². The van der Waals surface area contributed by atoms with Crippen LogP contribution in [0.2, 0.25) is 0 Å². The van der Waals surface area contributed by atoms with Crippen LogP contribution in [0.25, 0.3) is 0 Å². The van der Waals surface area contributed by atoms with Gasteiger partial charge in [0.1, 0.15) is 6.29 Å². The fourth-order valence-electron chi connectivity index (χ4n) is 0.232. The Morgan fingerprint density at radius 1 is 1.75 bits per heavy atom. The molecule has 0 aliphatic rings. The number of carbonyl (C=O) groups is 1. The fraction of sp³-hybridized carbons (Fsp3) is 0.800. The Balaban J connectivity index is 0. The summed E-state index contributed by atoms with van der Waals surface area (Å²) in [4.78, 5) is 9.69. The summed E-state index contributed by atoms with van der Waals surface area (Å²) < 4.78 is 4.76. The topological polar surface area (TPSA) is 26.3 Å². The van der Waals surface area contributed by atoms with Gasteiger partial charge in [-0.25, -0.2) is 0 Å². The minimum atomic E-state index is 0. The molecule has 0 saturated heterocycles. The predicted molar refractivity (Wildman–Crippen MR) is 35.7 cm³/mol. The van der Waals surface area contributed by atoms with Gasteiger partial charge < -0.3 is 9.53 Å². The van der Waals surface area contributed by atoms with E-state index in [0.29, 0.717) is 6.42 Å². The molecule has 46 valence electrons. The third-order valence-corrected chi connectivity index (χ3v) is 0.831. The van der Waals surface area contributed by atoms with Crippen LogP contribution in [0.15, 0.2) is 0 Å². The van der Waals surface area contributed by atoms with E-state index in [2.05, 4.69) is 0 Å². The van der Waals surface area contributed by atoms with Gasteiger partial charge in [-0.3, -0.25) is 0 Å². The summed E-state index contributed by atoms with van der Waals surface area (Å²) in [7, 11) is 1.59. The number of aldehydes is 1. The molecule has 0 bridgehead atoms. The van der Waals surface area contributed by atoms with Crippen LogP contribution in [-0.4, -0.2) is 57.2 Å². The summed E-state index contributed by atoms with van der Waals surface area (Å²) in [6, 6.07) is 0. The molecule has 0 aliphatic heterocycles. The Bertz CT molecular complexity index is 56.4. The Morgan fingerprint density at radius 2 is 2.25 bits per heavy atom. The van der Waals surface area contributed by atoms with E-state index in [0.717, 1.165) is 6.29 Å². The van der Waals surface area contributed by atoms with Crippen LogP contribution in [0.5, 0.6) is 0 Å². The zero-order chi connectivity index (χ0) is 5.70. The molecule has 2 nitrogen and oxygen atoms in total. The number of carbonyl (C=O) groups excluding carboxylic acids is 1. The quantitative estimate of drug-likeness (QED) is 0.401. The second-order valence-electron chi connectivity index (χ2n) is 1.45. The molecule has 0 radical (unpaired) electrons. The molecule has 0 fully saturated rings. The van der Waals surface area contributed by atoms with Gasteiger partial charge in [0.05, 0.1) is 6.10 Å². The van der Waals surface area contributed by atoms with Gasteiger partial charge in [0, 0.05) is 13.5 Å². The molecule has 0 N–H and O–H groups in total. The maximum atomic E-state index is 9.69. The van der Waals surface area contributed by atoms with Gasteiger partial charge in [-0.1, -0.05) is 0 Å². The molecule has 0 spiro atoms. The van der Waals surface area contributed by atoms with E-state index in [4.69, 9.17) is 4.74 Å². The van der Waals surface area contributed by atoms with Gasteiger partial charge in [0.2, 0.25) is 0 Å². The Hall–Kier alpha value is 0.890.